The predicted octanol–water partition coefficient (Wildman–Crippen LogP) is 2.43. The first-order valence-corrected chi connectivity index (χ1v) is 7.20. The third-order valence-electron chi connectivity index (χ3n) is 3.99. The van der Waals surface area contributed by atoms with E-state index in [1.807, 2.05) is 0 Å². The lowest BCUT2D eigenvalue weighted by Gasteiger charge is -2.25. The van der Waals surface area contributed by atoms with Gasteiger partial charge in [-0.15, -0.1) is 0 Å². The molecule has 1 aromatic rings. The van der Waals surface area contributed by atoms with Crippen LogP contribution in [0.5, 0.6) is 0 Å². The molecule has 7 heteroatoms. The second-order valence-electron chi connectivity index (χ2n) is 5.37. The third kappa shape index (κ3) is 3.31. The van der Waals surface area contributed by atoms with Crippen molar-refractivity contribution in [3.8, 4) is 0 Å². The number of carboxylic acid groups (broad SMARTS) is 2. The number of carboxylic acids is 2. The summed E-state index contributed by atoms with van der Waals surface area (Å²) in [4.78, 5) is 22.4. The Bertz CT molecular complexity index is 592. The number of halogens is 2. The van der Waals surface area contributed by atoms with Gasteiger partial charge in [0.25, 0.3) is 0 Å². The first-order valence-electron chi connectivity index (χ1n) is 6.44. The summed E-state index contributed by atoms with van der Waals surface area (Å²) < 4.78 is 0. The van der Waals surface area contributed by atoms with Gasteiger partial charge in [-0.1, -0.05) is 29.3 Å². The van der Waals surface area contributed by atoms with E-state index in [1.165, 1.54) is 0 Å². The quantitative estimate of drug-likeness (QED) is 0.743. The Morgan fingerprint density at radius 1 is 1.33 bits per heavy atom. The number of nitrogens with two attached hydrogens (primary N) is 1. The molecule has 0 aliphatic heterocycles. The van der Waals surface area contributed by atoms with Crippen molar-refractivity contribution in [1.29, 1.82) is 0 Å². The maximum absolute atomic E-state index is 11.5. The van der Waals surface area contributed by atoms with Gasteiger partial charge in [-0.05, 0) is 37.0 Å². The Balaban J connectivity index is 2.11. The lowest BCUT2D eigenvalue weighted by atomic mass is 9.86. The van der Waals surface area contributed by atoms with E-state index in [0.29, 0.717) is 22.9 Å². The minimum Gasteiger partial charge on any atom is -0.481 e. The Morgan fingerprint density at radius 2 is 2.00 bits per heavy atom. The van der Waals surface area contributed by atoms with Crippen molar-refractivity contribution in [3.05, 3.63) is 33.8 Å². The van der Waals surface area contributed by atoms with Crippen molar-refractivity contribution < 1.29 is 19.8 Å². The van der Waals surface area contributed by atoms with Crippen molar-refractivity contribution in [1.82, 2.24) is 0 Å². The molecule has 4 N–H and O–H groups in total. The van der Waals surface area contributed by atoms with Crippen LogP contribution >= 0.6 is 23.2 Å². The van der Waals surface area contributed by atoms with Crippen molar-refractivity contribution in [3.63, 3.8) is 0 Å². The Labute approximate surface area is 131 Å². The summed E-state index contributed by atoms with van der Waals surface area (Å²) in [5, 5.41) is 19.2. The van der Waals surface area contributed by atoms with Gasteiger partial charge >= 0.3 is 11.9 Å². The molecule has 1 aliphatic carbocycles. The first-order chi connectivity index (χ1) is 9.75. The maximum Gasteiger partial charge on any atom is 0.324 e. The number of rotatable bonds is 6. The molecule has 21 heavy (non-hydrogen) atoms. The summed E-state index contributed by atoms with van der Waals surface area (Å²) in [6, 6.07) is 4.96. The van der Waals surface area contributed by atoms with Gasteiger partial charge in [-0.2, -0.15) is 0 Å². The first kappa shape index (κ1) is 16.1. The molecule has 1 unspecified atom stereocenters. The lowest BCUT2D eigenvalue weighted by Crippen LogP contribution is -2.51. The van der Waals surface area contributed by atoms with E-state index in [-0.39, 0.29) is 6.42 Å². The summed E-state index contributed by atoms with van der Waals surface area (Å²) in [6.07, 6.45) is 0.770. The van der Waals surface area contributed by atoms with Crippen molar-refractivity contribution >= 4 is 35.1 Å². The molecule has 0 bridgehead atoms. The van der Waals surface area contributed by atoms with Crippen LogP contribution in [0.15, 0.2) is 18.2 Å². The van der Waals surface area contributed by atoms with Crippen molar-refractivity contribution in [2.75, 3.05) is 0 Å². The standard InChI is InChI=1S/C14H15Cl2NO4/c15-8-2-1-7(11(16)5-8)3-4-14(17,13(20)21)10-6-9(10)12(18)19/h1-2,5,9-10H,3-4,6,17H2,(H,18,19)(H,20,21)/t9-,10?,14+/m0/s1. The summed E-state index contributed by atoms with van der Waals surface area (Å²) in [6.45, 7) is 0. The molecule has 1 aliphatic rings. The molecular weight excluding hydrogens is 317 g/mol. The smallest absolute Gasteiger partial charge is 0.324 e. The normalized spacial score (nSPS) is 23.4. The lowest BCUT2D eigenvalue weighted by molar-refractivity contribution is -0.145. The van der Waals surface area contributed by atoms with E-state index >= 15 is 0 Å². The highest BCUT2D eigenvalue weighted by Gasteiger charge is 2.58. The van der Waals surface area contributed by atoms with Gasteiger partial charge < -0.3 is 15.9 Å². The Morgan fingerprint density at radius 3 is 2.48 bits per heavy atom. The monoisotopic (exact) mass is 331 g/mol. The summed E-state index contributed by atoms with van der Waals surface area (Å²) >= 11 is 11.8. The van der Waals surface area contributed by atoms with Crippen LogP contribution < -0.4 is 5.73 Å². The van der Waals surface area contributed by atoms with Gasteiger partial charge in [0.2, 0.25) is 0 Å². The van der Waals surface area contributed by atoms with Crippen LogP contribution in [0, 0.1) is 11.8 Å². The molecule has 0 heterocycles. The SMILES string of the molecule is N[C@@](CCc1ccc(Cl)cc1Cl)(C(=O)O)C1C[C@@H]1C(=O)O. The molecular formula is C14H15Cl2NO4. The number of benzene rings is 1. The molecule has 0 saturated heterocycles. The number of aliphatic carboxylic acids is 2. The average molecular weight is 332 g/mol. The zero-order valence-corrected chi connectivity index (χ0v) is 12.6. The maximum atomic E-state index is 11.5. The molecule has 1 aromatic carbocycles. The number of carbonyl (C=O) groups is 2. The van der Waals surface area contributed by atoms with Gasteiger partial charge in [0, 0.05) is 16.0 Å². The van der Waals surface area contributed by atoms with Gasteiger partial charge in [-0.3, -0.25) is 9.59 Å². The number of aryl methyl sites for hydroxylation is 1. The fraction of sp³-hybridized carbons (Fsp3) is 0.429. The summed E-state index contributed by atoms with van der Waals surface area (Å²) in [5.74, 6) is -3.40. The molecule has 0 amide bonds. The van der Waals surface area contributed by atoms with Gasteiger partial charge in [0.15, 0.2) is 0 Å². The summed E-state index contributed by atoms with van der Waals surface area (Å²) in [5.41, 5.74) is 5.16. The second-order valence-corrected chi connectivity index (χ2v) is 6.21. The minimum absolute atomic E-state index is 0.123. The van der Waals surface area contributed by atoms with E-state index in [9.17, 15) is 14.7 Å². The van der Waals surface area contributed by atoms with Crippen LogP contribution in [0.3, 0.4) is 0 Å². The van der Waals surface area contributed by atoms with Crippen LogP contribution in [-0.2, 0) is 16.0 Å². The number of hydrogen-bond acceptors (Lipinski definition) is 3. The molecule has 0 radical (unpaired) electrons. The van der Waals surface area contributed by atoms with Gasteiger partial charge in [-0.25, -0.2) is 0 Å². The van der Waals surface area contributed by atoms with Crippen LogP contribution in [0.2, 0.25) is 10.0 Å². The van der Waals surface area contributed by atoms with E-state index in [4.69, 9.17) is 34.0 Å². The second kappa shape index (κ2) is 5.83. The van der Waals surface area contributed by atoms with Crippen molar-refractivity contribution in [2.24, 2.45) is 17.6 Å². The Kier molecular flexibility index (Phi) is 4.46. The molecule has 114 valence electrons. The average Bonchev–Trinajstić information content (AvgIpc) is 3.17. The minimum atomic E-state index is -1.55. The van der Waals surface area contributed by atoms with Gasteiger partial charge in [0.05, 0.1) is 5.92 Å². The van der Waals surface area contributed by atoms with E-state index in [2.05, 4.69) is 0 Å². The zero-order valence-electron chi connectivity index (χ0n) is 11.1. The molecule has 3 atom stereocenters. The fourth-order valence-corrected chi connectivity index (χ4v) is 3.06. The van der Waals surface area contributed by atoms with Crippen LogP contribution in [0.4, 0.5) is 0 Å². The molecule has 0 aromatic heterocycles. The highest BCUT2D eigenvalue weighted by Crippen LogP contribution is 2.47. The molecule has 1 saturated carbocycles. The fourth-order valence-electron chi connectivity index (χ4n) is 2.55. The van der Waals surface area contributed by atoms with Gasteiger partial charge in [0.1, 0.15) is 5.54 Å². The topological polar surface area (TPSA) is 101 Å². The van der Waals surface area contributed by atoms with E-state index in [1.54, 1.807) is 18.2 Å². The zero-order chi connectivity index (χ0) is 15.8. The largest absolute Gasteiger partial charge is 0.481 e. The van der Waals surface area contributed by atoms with Crippen LogP contribution in [0.1, 0.15) is 18.4 Å². The van der Waals surface area contributed by atoms with Crippen LogP contribution in [-0.4, -0.2) is 27.7 Å². The van der Waals surface area contributed by atoms with E-state index < -0.39 is 29.3 Å². The summed E-state index contributed by atoms with van der Waals surface area (Å²) in [7, 11) is 0. The number of hydrogen-bond donors (Lipinski definition) is 3. The Hall–Kier alpha value is -1.30. The molecule has 5 nitrogen and oxygen atoms in total. The molecule has 1 fully saturated rings. The molecule has 2 rings (SSSR count). The third-order valence-corrected chi connectivity index (χ3v) is 4.58. The van der Waals surface area contributed by atoms with Crippen molar-refractivity contribution in [2.45, 2.75) is 24.8 Å². The van der Waals surface area contributed by atoms with E-state index in [0.717, 1.165) is 5.56 Å². The molecule has 0 spiro atoms. The van der Waals surface area contributed by atoms with Crippen LogP contribution in [0.25, 0.3) is 0 Å². The highest BCUT2D eigenvalue weighted by molar-refractivity contribution is 6.35. The highest BCUT2D eigenvalue weighted by atomic mass is 35.5. The predicted molar refractivity (Wildman–Crippen MR) is 78.6 cm³/mol.